The van der Waals surface area contributed by atoms with Crippen LogP contribution in [0.4, 0.5) is 11.4 Å². The molecule has 0 aliphatic carbocycles. The zero-order valence-electron chi connectivity index (χ0n) is 17.9. The van der Waals surface area contributed by atoms with Crippen LogP contribution in [0.25, 0.3) is 0 Å². The number of nitrogens with one attached hydrogen (secondary N) is 1. The smallest absolute Gasteiger partial charge is 0.282 e. The third kappa shape index (κ3) is 5.70. The molecule has 9 nitrogen and oxygen atoms in total. The average molecular weight is 441 g/mol. The number of carbonyl (C=O) groups excluding carboxylic acids is 1. The molecule has 168 valence electrons. The topological polar surface area (TPSA) is 91.4 Å². The minimum Gasteiger partial charge on any atom is -0.378 e. The first-order valence-corrected chi connectivity index (χ1v) is 11.8. The summed E-state index contributed by atoms with van der Waals surface area (Å²) in [6.45, 7) is 9.08. The van der Waals surface area contributed by atoms with E-state index < -0.39 is 10.2 Å². The van der Waals surface area contributed by atoms with Crippen molar-refractivity contribution >= 4 is 27.5 Å². The maximum atomic E-state index is 13.0. The second-order valence-electron chi connectivity index (χ2n) is 7.70. The highest BCUT2D eigenvalue weighted by molar-refractivity contribution is 7.86. The van der Waals surface area contributed by atoms with Crippen LogP contribution in [0.15, 0.2) is 24.3 Å². The number of hydrogen-bond donors (Lipinski definition) is 1. The van der Waals surface area contributed by atoms with E-state index in [1.165, 1.54) is 8.61 Å². The molecule has 0 aromatic heterocycles. The minimum atomic E-state index is -3.74. The van der Waals surface area contributed by atoms with Crippen molar-refractivity contribution < 1.29 is 22.7 Å². The van der Waals surface area contributed by atoms with E-state index in [1.54, 1.807) is 6.92 Å². The number of carbonyl (C=O) groups is 1. The van der Waals surface area contributed by atoms with Crippen LogP contribution in [0.3, 0.4) is 0 Å². The number of nitrogens with zero attached hydrogens (tertiary/aromatic N) is 3. The van der Waals surface area contributed by atoms with Gasteiger partial charge in [-0.25, -0.2) is 0 Å². The summed E-state index contributed by atoms with van der Waals surface area (Å²) >= 11 is 0. The number of benzene rings is 1. The summed E-state index contributed by atoms with van der Waals surface area (Å²) in [6, 6.07) is 7.56. The van der Waals surface area contributed by atoms with Crippen molar-refractivity contribution in [3.63, 3.8) is 0 Å². The number of amides is 1. The summed E-state index contributed by atoms with van der Waals surface area (Å²) < 4.78 is 39.6. The lowest BCUT2D eigenvalue weighted by molar-refractivity contribution is -0.116. The Kier molecular flexibility index (Phi) is 7.70. The maximum absolute atomic E-state index is 13.0. The van der Waals surface area contributed by atoms with Crippen LogP contribution in [0.1, 0.15) is 20.8 Å². The van der Waals surface area contributed by atoms with E-state index in [-0.39, 0.29) is 44.3 Å². The zero-order chi connectivity index (χ0) is 21.7. The molecule has 0 radical (unpaired) electrons. The lowest BCUT2D eigenvalue weighted by Crippen LogP contribution is -2.54. The fraction of sp³-hybridized carbons (Fsp3) is 0.650. The summed E-state index contributed by atoms with van der Waals surface area (Å²) in [6.07, 6.45) is -0.359. The third-order valence-corrected chi connectivity index (χ3v) is 7.23. The molecule has 0 spiro atoms. The first-order valence-electron chi connectivity index (χ1n) is 10.4. The summed E-state index contributed by atoms with van der Waals surface area (Å²) in [7, 11) is -3.74. The van der Waals surface area contributed by atoms with Crippen molar-refractivity contribution in [3.8, 4) is 0 Å². The van der Waals surface area contributed by atoms with Crippen molar-refractivity contribution in [2.24, 2.45) is 0 Å². The molecule has 2 heterocycles. The molecule has 2 aliphatic heterocycles. The minimum absolute atomic E-state index is 0.180. The monoisotopic (exact) mass is 440 g/mol. The third-order valence-electron chi connectivity index (χ3n) is 5.24. The number of likely N-dealkylation sites (N-methyl/N-ethyl adjacent to an activating group) is 1. The zero-order valence-corrected chi connectivity index (χ0v) is 18.7. The lowest BCUT2D eigenvalue weighted by Gasteiger charge is -2.37. The molecule has 0 bridgehead atoms. The standard InChI is InChI=1S/C20H32N4O5S/c1-4-23(30(26,27)24-13-16(2)29-17(3)14-24)15-20(25)21-18-5-7-19(8-6-18)22-9-11-28-12-10-22/h5-8,16-17H,4,9-15H2,1-3H3,(H,21,25)/t16-,17-/m1/s1. The highest BCUT2D eigenvalue weighted by Crippen LogP contribution is 2.20. The molecule has 10 heteroatoms. The van der Waals surface area contributed by atoms with Crippen molar-refractivity contribution in [2.75, 3.05) is 62.7 Å². The first-order chi connectivity index (χ1) is 14.3. The van der Waals surface area contributed by atoms with E-state index in [9.17, 15) is 13.2 Å². The summed E-state index contributed by atoms with van der Waals surface area (Å²) in [5.74, 6) is -0.367. The molecule has 2 fully saturated rings. The molecule has 2 aliphatic rings. The molecular formula is C20H32N4O5S. The van der Waals surface area contributed by atoms with E-state index in [1.807, 2.05) is 38.1 Å². The van der Waals surface area contributed by atoms with Crippen LogP contribution >= 0.6 is 0 Å². The van der Waals surface area contributed by atoms with Gasteiger partial charge in [0, 0.05) is 44.1 Å². The Morgan fingerprint density at radius 3 is 2.30 bits per heavy atom. The van der Waals surface area contributed by atoms with Gasteiger partial charge in [-0.2, -0.15) is 17.0 Å². The average Bonchev–Trinajstić information content (AvgIpc) is 2.72. The van der Waals surface area contributed by atoms with Gasteiger partial charge in [-0.15, -0.1) is 0 Å². The number of rotatable bonds is 7. The van der Waals surface area contributed by atoms with Gasteiger partial charge in [0.15, 0.2) is 0 Å². The van der Waals surface area contributed by atoms with E-state index in [0.717, 1.165) is 18.8 Å². The predicted octanol–water partition coefficient (Wildman–Crippen LogP) is 1.14. The van der Waals surface area contributed by atoms with Crippen molar-refractivity contribution in [1.82, 2.24) is 8.61 Å². The van der Waals surface area contributed by atoms with E-state index >= 15 is 0 Å². The van der Waals surface area contributed by atoms with Crippen LogP contribution in [0.2, 0.25) is 0 Å². The molecule has 2 saturated heterocycles. The first kappa shape index (κ1) is 23.0. The molecule has 2 atom stereocenters. The van der Waals surface area contributed by atoms with Gasteiger partial charge in [0.25, 0.3) is 10.2 Å². The highest BCUT2D eigenvalue weighted by atomic mass is 32.2. The van der Waals surface area contributed by atoms with Crippen LogP contribution in [0, 0.1) is 0 Å². The molecule has 3 rings (SSSR count). The Bertz CT molecular complexity index is 801. The van der Waals surface area contributed by atoms with Gasteiger partial charge in [-0.1, -0.05) is 6.92 Å². The van der Waals surface area contributed by atoms with Gasteiger partial charge in [-0.05, 0) is 38.1 Å². The Morgan fingerprint density at radius 2 is 1.73 bits per heavy atom. The SMILES string of the molecule is CCN(CC(=O)Nc1ccc(N2CCOCC2)cc1)S(=O)(=O)N1C[C@@H](C)O[C@H](C)C1. The van der Waals surface area contributed by atoms with E-state index in [0.29, 0.717) is 18.9 Å². The molecule has 1 aromatic carbocycles. The number of ether oxygens (including phenoxy) is 2. The predicted molar refractivity (Wildman–Crippen MR) is 116 cm³/mol. The van der Waals surface area contributed by atoms with Gasteiger partial charge in [-0.3, -0.25) is 4.79 Å². The number of anilines is 2. The largest absolute Gasteiger partial charge is 0.378 e. The molecule has 1 aromatic rings. The molecule has 1 N–H and O–H groups in total. The molecule has 0 unspecified atom stereocenters. The van der Waals surface area contributed by atoms with Crippen molar-refractivity contribution in [1.29, 1.82) is 0 Å². The Labute approximate surface area is 179 Å². The second kappa shape index (κ2) is 10.1. The van der Waals surface area contributed by atoms with Gasteiger partial charge < -0.3 is 19.7 Å². The fourth-order valence-corrected chi connectivity index (χ4v) is 5.51. The number of hydrogen-bond acceptors (Lipinski definition) is 6. The molecule has 0 saturated carbocycles. The summed E-state index contributed by atoms with van der Waals surface area (Å²) in [4.78, 5) is 14.8. The van der Waals surface area contributed by atoms with Crippen LogP contribution in [-0.2, 0) is 24.5 Å². The van der Waals surface area contributed by atoms with Crippen LogP contribution < -0.4 is 10.2 Å². The summed E-state index contributed by atoms with van der Waals surface area (Å²) in [5, 5.41) is 2.80. The second-order valence-corrected chi connectivity index (χ2v) is 9.63. The highest BCUT2D eigenvalue weighted by Gasteiger charge is 2.35. The fourth-order valence-electron chi connectivity index (χ4n) is 3.78. The van der Waals surface area contributed by atoms with Crippen molar-refractivity contribution in [3.05, 3.63) is 24.3 Å². The van der Waals surface area contributed by atoms with Crippen molar-refractivity contribution in [2.45, 2.75) is 33.0 Å². The molecular weight excluding hydrogens is 408 g/mol. The molecule has 30 heavy (non-hydrogen) atoms. The van der Waals surface area contributed by atoms with Gasteiger partial charge in [0.1, 0.15) is 0 Å². The Hall–Kier alpha value is -1.72. The maximum Gasteiger partial charge on any atom is 0.282 e. The Balaban J connectivity index is 1.59. The normalized spacial score (nSPS) is 23.5. The quantitative estimate of drug-likeness (QED) is 0.684. The van der Waals surface area contributed by atoms with Gasteiger partial charge in [0.05, 0.1) is 32.0 Å². The lowest BCUT2D eigenvalue weighted by atomic mass is 10.2. The van der Waals surface area contributed by atoms with E-state index in [4.69, 9.17) is 9.47 Å². The summed E-state index contributed by atoms with van der Waals surface area (Å²) in [5.41, 5.74) is 1.71. The molecule has 1 amide bonds. The van der Waals surface area contributed by atoms with Gasteiger partial charge in [0.2, 0.25) is 5.91 Å². The Morgan fingerprint density at radius 1 is 1.13 bits per heavy atom. The van der Waals surface area contributed by atoms with Gasteiger partial charge >= 0.3 is 0 Å². The van der Waals surface area contributed by atoms with Crippen LogP contribution in [-0.4, -0.2) is 87.6 Å². The van der Waals surface area contributed by atoms with Crippen LogP contribution in [0.5, 0.6) is 0 Å². The number of morpholine rings is 2. The van der Waals surface area contributed by atoms with E-state index in [2.05, 4.69) is 10.2 Å².